The molecule has 0 amide bonds. The van der Waals surface area contributed by atoms with Gasteiger partial charge in [0, 0.05) is 29.3 Å². The van der Waals surface area contributed by atoms with Gasteiger partial charge < -0.3 is 19.3 Å². The standard InChI is InChI=1S/C36H37Cl2N3O7S/c1-46-29-9-8-23(14-30(29)47-2)25(15-26-27(37)17-41(45)18-28(26)38)32-24(20-49-34(32)35(42)43)16-39-33(22-6-4-3-5-7-22)36(44)48-31-19-40-12-10-21(31)11-13-40/h3-9,14,17-18,20-21,25,31,33,39H,10-13,15-16,19H2,1-2H3,(H-,42,43,45)/p+1/t25-,31-,33?/m0/s1. The number of fused-ring (bicyclic) bond motifs is 3. The van der Waals surface area contributed by atoms with Crippen LogP contribution in [0.15, 0.2) is 66.3 Å². The number of nitrogens with one attached hydrogen (secondary N) is 1. The summed E-state index contributed by atoms with van der Waals surface area (Å²) < 4.78 is 18.0. The van der Waals surface area contributed by atoms with Crippen LogP contribution >= 0.6 is 34.5 Å². The van der Waals surface area contributed by atoms with Crippen LogP contribution in [-0.4, -0.2) is 67.1 Å². The molecule has 7 rings (SSSR count). The van der Waals surface area contributed by atoms with Gasteiger partial charge in [0.25, 0.3) is 0 Å². The van der Waals surface area contributed by atoms with Crippen molar-refractivity contribution in [1.29, 1.82) is 0 Å². The number of aromatic nitrogens is 1. The number of aromatic carboxylic acids is 1. The van der Waals surface area contributed by atoms with Crippen LogP contribution in [0.4, 0.5) is 0 Å². The highest BCUT2D eigenvalue weighted by atomic mass is 35.5. The minimum atomic E-state index is -1.09. The molecule has 3 N–H and O–H groups in total. The minimum Gasteiger partial charge on any atom is -0.493 e. The van der Waals surface area contributed by atoms with Gasteiger partial charge in [-0.15, -0.1) is 11.3 Å². The highest BCUT2D eigenvalue weighted by Gasteiger charge is 2.38. The number of carbonyl (C=O) groups is 2. The molecule has 3 saturated heterocycles. The maximum atomic E-state index is 13.9. The van der Waals surface area contributed by atoms with Crippen LogP contribution in [0.2, 0.25) is 10.0 Å². The Bertz CT molecular complexity index is 1790. The molecule has 1 unspecified atom stereocenters. The van der Waals surface area contributed by atoms with Crippen molar-refractivity contribution in [2.75, 3.05) is 33.9 Å². The lowest BCUT2D eigenvalue weighted by molar-refractivity contribution is -0.904. The number of hydrogen-bond acceptors (Lipinski definition) is 9. The lowest BCUT2D eigenvalue weighted by Crippen LogP contribution is -2.52. The maximum absolute atomic E-state index is 13.9. The summed E-state index contributed by atoms with van der Waals surface area (Å²) in [6.07, 6.45) is 4.72. The van der Waals surface area contributed by atoms with Crippen molar-refractivity contribution >= 4 is 46.5 Å². The van der Waals surface area contributed by atoms with Gasteiger partial charge in [0.2, 0.25) is 12.4 Å². The summed E-state index contributed by atoms with van der Waals surface area (Å²) in [6.45, 7) is 2.98. The number of carbonyl (C=O) groups excluding carboxylic acids is 1. The Kier molecular flexibility index (Phi) is 11.0. The second kappa shape index (κ2) is 15.3. The predicted octanol–water partition coefficient (Wildman–Crippen LogP) is 6.14. The monoisotopic (exact) mass is 726 g/mol. The van der Waals surface area contributed by atoms with E-state index in [2.05, 4.69) is 10.2 Å². The Morgan fingerprint density at radius 1 is 1.02 bits per heavy atom. The molecular weight excluding hydrogens is 689 g/mol. The third-order valence-corrected chi connectivity index (χ3v) is 11.2. The zero-order chi connectivity index (χ0) is 34.7. The number of hydrogen-bond donors (Lipinski definition) is 3. The summed E-state index contributed by atoms with van der Waals surface area (Å²) >= 11 is 14.3. The van der Waals surface area contributed by atoms with E-state index < -0.39 is 17.9 Å². The summed E-state index contributed by atoms with van der Waals surface area (Å²) in [5.74, 6) is -0.693. The maximum Gasteiger partial charge on any atom is 0.346 e. The Morgan fingerprint density at radius 3 is 2.33 bits per heavy atom. The van der Waals surface area contributed by atoms with Gasteiger partial charge in [-0.25, -0.2) is 9.59 Å². The lowest BCUT2D eigenvalue weighted by Gasteiger charge is -2.44. The van der Waals surface area contributed by atoms with Crippen molar-refractivity contribution in [3.63, 3.8) is 0 Å². The van der Waals surface area contributed by atoms with E-state index in [4.69, 9.17) is 37.4 Å². The molecule has 2 aromatic heterocycles. The highest BCUT2D eigenvalue weighted by molar-refractivity contribution is 7.12. The van der Waals surface area contributed by atoms with E-state index in [0.717, 1.165) is 59.7 Å². The molecule has 49 heavy (non-hydrogen) atoms. The van der Waals surface area contributed by atoms with Crippen molar-refractivity contribution < 1.29 is 38.8 Å². The summed E-state index contributed by atoms with van der Waals surface area (Å²) in [7, 11) is 3.07. The minimum absolute atomic E-state index is 0.142. The summed E-state index contributed by atoms with van der Waals surface area (Å²) in [5.41, 5.74) is 3.24. The third kappa shape index (κ3) is 7.66. The molecule has 3 aliphatic heterocycles. The number of pyridine rings is 1. The molecule has 4 aromatic rings. The van der Waals surface area contributed by atoms with Gasteiger partial charge in [-0.3, -0.25) is 15.4 Å². The van der Waals surface area contributed by atoms with Crippen LogP contribution in [-0.2, 0) is 22.5 Å². The molecule has 10 nitrogen and oxygen atoms in total. The molecule has 13 heteroatoms. The van der Waals surface area contributed by atoms with Gasteiger partial charge in [-0.1, -0.05) is 59.6 Å². The van der Waals surface area contributed by atoms with E-state index in [-0.39, 0.29) is 40.0 Å². The second-order valence-electron chi connectivity index (χ2n) is 12.3. The summed E-state index contributed by atoms with van der Waals surface area (Å²) in [5, 5.41) is 26.1. The number of benzene rings is 2. The number of esters is 1. The number of rotatable bonds is 13. The quantitative estimate of drug-likeness (QED) is 0.0848. The van der Waals surface area contributed by atoms with Gasteiger partial charge >= 0.3 is 11.9 Å². The van der Waals surface area contributed by atoms with Crippen molar-refractivity contribution in [2.24, 2.45) is 5.92 Å². The molecule has 2 aromatic carbocycles. The molecule has 0 spiro atoms. The zero-order valence-electron chi connectivity index (χ0n) is 27.1. The molecule has 3 atom stereocenters. The first-order chi connectivity index (χ1) is 23.7. The van der Waals surface area contributed by atoms with E-state index in [1.807, 2.05) is 36.4 Å². The number of methoxy groups -OCH3 is 2. The smallest absolute Gasteiger partial charge is 0.346 e. The van der Waals surface area contributed by atoms with E-state index >= 15 is 0 Å². The molecule has 2 bridgehead atoms. The van der Waals surface area contributed by atoms with Crippen molar-refractivity contribution in [3.05, 3.63) is 109 Å². The number of carboxylic acids is 1. The van der Waals surface area contributed by atoms with Gasteiger partial charge in [-0.2, -0.15) is 0 Å². The fraction of sp³-hybridized carbons (Fsp3) is 0.361. The van der Waals surface area contributed by atoms with Crippen LogP contribution in [0.5, 0.6) is 11.5 Å². The Balaban J connectivity index is 1.37. The topological polar surface area (TPSA) is 121 Å². The first-order valence-electron chi connectivity index (χ1n) is 16.0. The van der Waals surface area contributed by atoms with Crippen LogP contribution in [0.3, 0.4) is 0 Å². The van der Waals surface area contributed by atoms with Crippen LogP contribution < -0.4 is 19.5 Å². The molecule has 3 aliphatic rings. The number of piperidine rings is 3. The van der Waals surface area contributed by atoms with Gasteiger partial charge in [0.05, 0.1) is 14.2 Å². The summed E-state index contributed by atoms with van der Waals surface area (Å²) in [6, 6.07) is 14.0. The first-order valence-corrected chi connectivity index (χ1v) is 17.6. The SMILES string of the molecule is COc1ccc([C@H](Cc2c(Cl)c[n+](O)cc2Cl)c2c(CNC(C(=O)O[C@H]3CN4CCC3CC4)c3ccccc3)csc2C(=O)O)cc1OC. The van der Waals surface area contributed by atoms with Crippen LogP contribution in [0, 0.1) is 5.92 Å². The predicted molar refractivity (Wildman–Crippen MR) is 185 cm³/mol. The molecule has 0 saturated carbocycles. The fourth-order valence-corrected chi connectivity index (χ4v) is 8.52. The summed E-state index contributed by atoms with van der Waals surface area (Å²) in [4.78, 5) is 29.1. The molecule has 258 valence electrons. The average Bonchev–Trinajstić information content (AvgIpc) is 3.52. The number of nitrogens with zero attached hydrogens (tertiary/aromatic N) is 2. The van der Waals surface area contributed by atoms with Crippen molar-refractivity contribution in [1.82, 2.24) is 10.2 Å². The normalized spacial score (nSPS) is 19.6. The van der Waals surface area contributed by atoms with E-state index in [9.17, 15) is 19.9 Å². The Hall–Kier alpha value is -3.87. The lowest BCUT2D eigenvalue weighted by atomic mass is 9.83. The zero-order valence-corrected chi connectivity index (χ0v) is 29.4. The van der Waals surface area contributed by atoms with Crippen molar-refractivity contribution in [3.8, 4) is 11.5 Å². The Morgan fingerprint density at radius 2 is 1.71 bits per heavy atom. The van der Waals surface area contributed by atoms with E-state index in [1.165, 1.54) is 19.5 Å². The van der Waals surface area contributed by atoms with Gasteiger partial charge in [-0.05, 0) is 78.0 Å². The number of halogens is 2. The van der Waals surface area contributed by atoms with Gasteiger partial charge in [0.1, 0.15) is 27.1 Å². The third-order valence-electron chi connectivity index (χ3n) is 9.47. The van der Waals surface area contributed by atoms with E-state index in [1.54, 1.807) is 24.6 Å². The van der Waals surface area contributed by atoms with E-state index in [0.29, 0.717) is 34.1 Å². The molecule has 0 radical (unpaired) electrons. The van der Waals surface area contributed by atoms with Crippen LogP contribution in [0.25, 0.3) is 0 Å². The molecular formula is C36H38Cl2N3O7S+. The largest absolute Gasteiger partial charge is 0.493 e. The molecule has 3 fully saturated rings. The van der Waals surface area contributed by atoms with Crippen molar-refractivity contribution in [2.45, 2.75) is 43.9 Å². The van der Waals surface area contributed by atoms with Crippen LogP contribution in [0.1, 0.15) is 62.3 Å². The molecule has 5 heterocycles. The number of ether oxygens (including phenoxy) is 3. The number of carboxylic acid groups (broad SMARTS) is 1. The fourth-order valence-electron chi connectivity index (χ4n) is 6.94. The average molecular weight is 728 g/mol. The second-order valence-corrected chi connectivity index (χ2v) is 14.0. The highest BCUT2D eigenvalue weighted by Crippen LogP contribution is 2.42. The first kappa shape index (κ1) is 35.0. The Labute approximate surface area is 298 Å². The van der Waals surface area contributed by atoms with Gasteiger partial charge in [0.15, 0.2) is 11.5 Å². The number of thiophene rings is 1. The molecule has 0 aliphatic carbocycles.